The molecule has 0 fully saturated rings. The Labute approximate surface area is 188 Å². The summed E-state index contributed by atoms with van der Waals surface area (Å²) in [5, 5.41) is 23.1. The number of aromatic nitrogens is 3. The van der Waals surface area contributed by atoms with Gasteiger partial charge in [0.25, 0.3) is 6.43 Å². The quantitative estimate of drug-likeness (QED) is 0.577. The fourth-order valence-electron chi connectivity index (χ4n) is 3.70. The van der Waals surface area contributed by atoms with Crippen LogP contribution in [0.25, 0.3) is 0 Å². The Bertz CT molecular complexity index is 1150. The lowest BCUT2D eigenvalue weighted by Crippen LogP contribution is -2.33. The van der Waals surface area contributed by atoms with Gasteiger partial charge in [0, 0.05) is 36.3 Å². The summed E-state index contributed by atoms with van der Waals surface area (Å²) < 4.78 is 25.6. The topological polar surface area (TPSA) is 98.0 Å². The van der Waals surface area contributed by atoms with Gasteiger partial charge in [-0.25, -0.2) is 18.7 Å². The van der Waals surface area contributed by atoms with Crippen LogP contribution in [0.4, 0.5) is 20.3 Å². The van der Waals surface area contributed by atoms with Gasteiger partial charge in [-0.2, -0.15) is 5.26 Å². The Morgan fingerprint density at radius 1 is 1.22 bits per heavy atom. The van der Waals surface area contributed by atoms with E-state index in [2.05, 4.69) is 31.2 Å². The molecule has 1 aliphatic heterocycles. The van der Waals surface area contributed by atoms with Crippen molar-refractivity contribution in [3.63, 3.8) is 0 Å². The van der Waals surface area contributed by atoms with Crippen LogP contribution in [0, 0.1) is 11.3 Å². The first-order chi connectivity index (χ1) is 15.5. The number of alkyl halides is 2. The van der Waals surface area contributed by atoms with Crippen LogP contribution in [0.2, 0.25) is 5.02 Å². The van der Waals surface area contributed by atoms with Crippen LogP contribution >= 0.6 is 11.6 Å². The molecule has 7 nitrogen and oxygen atoms in total. The van der Waals surface area contributed by atoms with Crippen LogP contribution in [-0.4, -0.2) is 33.2 Å². The molecule has 1 aliphatic rings. The van der Waals surface area contributed by atoms with Crippen LogP contribution in [0.15, 0.2) is 42.9 Å². The number of hydrogen-bond donors (Lipinski definition) is 2. The van der Waals surface area contributed by atoms with Crippen molar-refractivity contribution in [2.45, 2.75) is 25.4 Å². The van der Waals surface area contributed by atoms with E-state index in [1.807, 2.05) is 6.07 Å². The van der Waals surface area contributed by atoms with Crippen molar-refractivity contribution < 1.29 is 13.9 Å². The number of fused-ring (bicyclic) bond motifs is 1. The minimum atomic E-state index is -2.66. The molecule has 0 unspecified atom stereocenters. The third-order valence-corrected chi connectivity index (χ3v) is 5.59. The number of rotatable bonds is 6. The molecule has 0 amide bonds. The highest BCUT2D eigenvalue weighted by atomic mass is 35.5. The molecule has 0 aliphatic carbocycles. The number of aliphatic hydroxyl groups is 1. The van der Waals surface area contributed by atoms with Gasteiger partial charge in [-0.15, -0.1) is 0 Å². The van der Waals surface area contributed by atoms with E-state index >= 15 is 0 Å². The molecule has 3 heterocycles. The second-order valence-corrected chi connectivity index (χ2v) is 7.73. The Kier molecular flexibility index (Phi) is 6.44. The summed E-state index contributed by atoms with van der Waals surface area (Å²) in [6, 6.07) is 9.53. The minimum absolute atomic E-state index is 0.284. The first kappa shape index (κ1) is 21.9. The minimum Gasteiger partial charge on any atom is -0.394 e. The molecule has 0 saturated heterocycles. The van der Waals surface area contributed by atoms with Gasteiger partial charge in [0.15, 0.2) is 0 Å². The number of pyridine rings is 1. The standard InChI is InChI=1S/C22H19ClF2N6O/c23-15-2-4-20(14(7-15)8-26)31-6-5-17-16(10-31)22(29-12-28-17)30-19(11-32)13-1-3-18(21(24)25)27-9-13/h1-4,7,9,12,19,21,32H,5-6,10-11H2,(H,28,29,30)/t19-/m1/s1. The first-order valence-corrected chi connectivity index (χ1v) is 10.3. The average molecular weight is 457 g/mol. The zero-order valence-corrected chi connectivity index (χ0v) is 17.6. The van der Waals surface area contributed by atoms with Crippen molar-refractivity contribution in [1.29, 1.82) is 5.26 Å². The largest absolute Gasteiger partial charge is 0.394 e. The predicted molar refractivity (Wildman–Crippen MR) is 116 cm³/mol. The number of anilines is 2. The number of benzene rings is 1. The Balaban J connectivity index is 1.61. The highest BCUT2D eigenvalue weighted by molar-refractivity contribution is 6.30. The molecule has 164 valence electrons. The van der Waals surface area contributed by atoms with Gasteiger partial charge in [-0.3, -0.25) is 4.98 Å². The maximum atomic E-state index is 12.8. The highest BCUT2D eigenvalue weighted by Crippen LogP contribution is 2.32. The van der Waals surface area contributed by atoms with Crippen molar-refractivity contribution >= 4 is 23.1 Å². The summed E-state index contributed by atoms with van der Waals surface area (Å²) in [6.07, 6.45) is 0.763. The molecule has 2 N–H and O–H groups in total. The Hall–Kier alpha value is -3.35. The van der Waals surface area contributed by atoms with E-state index in [1.54, 1.807) is 12.1 Å². The molecule has 2 aromatic heterocycles. The number of halogens is 3. The summed E-state index contributed by atoms with van der Waals surface area (Å²) in [7, 11) is 0. The summed E-state index contributed by atoms with van der Waals surface area (Å²) in [5.74, 6) is 0.532. The highest BCUT2D eigenvalue weighted by Gasteiger charge is 2.24. The summed E-state index contributed by atoms with van der Waals surface area (Å²) in [6.45, 7) is 0.839. The lowest BCUT2D eigenvalue weighted by molar-refractivity contribution is 0.146. The second-order valence-electron chi connectivity index (χ2n) is 7.29. The molecule has 1 atom stereocenters. The molecule has 0 spiro atoms. The SMILES string of the molecule is N#Cc1cc(Cl)ccc1N1CCc2ncnc(N[C@H](CO)c3ccc(C(F)F)nc3)c2C1. The van der Waals surface area contributed by atoms with E-state index in [0.29, 0.717) is 41.5 Å². The molecule has 0 radical (unpaired) electrons. The maximum absolute atomic E-state index is 12.8. The predicted octanol–water partition coefficient (Wildman–Crippen LogP) is 4.04. The van der Waals surface area contributed by atoms with Crippen molar-refractivity contribution in [3.05, 3.63) is 76.0 Å². The Morgan fingerprint density at radius 3 is 2.75 bits per heavy atom. The summed E-state index contributed by atoms with van der Waals surface area (Å²) in [4.78, 5) is 14.6. The molecular weight excluding hydrogens is 438 g/mol. The lowest BCUT2D eigenvalue weighted by atomic mass is 10.0. The van der Waals surface area contributed by atoms with E-state index in [-0.39, 0.29) is 12.3 Å². The maximum Gasteiger partial charge on any atom is 0.280 e. The van der Waals surface area contributed by atoms with Crippen molar-refractivity contribution in [2.75, 3.05) is 23.4 Å². The Morgan fingerprint density at radius 2 is 2.06 bits per heavy atom. The normalized spacial score (nSPS) is 14.1. The number of hydrogen-bond acceptors (Lipinski definition) is 7. The fourth-order valence-corrected chi connectivity index (χ4v) is 3.87. The van der Waals surface area contributed by atoms with Gasteiger partial charge in [-0.05, 0) is 29.8 Å². The van der Waals surface area contributed by atoms with Crippen molar-refractivity contribution in [1.82, 2.24) is 15.0 Å². The smallest absolute Gasteiger partial charge is 0.280 e. The van der Waals surface area contributed by atoms with Gasteiger partial charge in [0.05, 0.1) is 29.6 Å². The van der Waals surface area contributed by atoms with Crippen LogP contribution in [0.1, 0.15) is 40.5 Å². The molecule has 0 bridgehead atoms. The molecule has 0 saturated carbocycles. The van der Waals surface area contributed by atoms with E-state index in [1.165, 1.54) is 24.7 Å². The second kappa shape index (κ2) is 9.42. The van der Waals surface area contributed by atoms with E-state index < -0.39 is 12.5 Å². The number of nitriles is 1. The zero-order valence-electron chi connectivity index (χ0n) is 16.8. The lowest BCUT2D eigenvalue weighted by Gasteiger charge is -2.32. The third-order valence-electron chi connectivity index (χ3n) is 5.35. The molecular formula is C22H19ClF2N6O. The van der Waals surface area contributed by atoms with Crippen LogP contribution in [0.5, 0.6) is 0 Å². The van der Waals surface area contributed by atoms with Gasteiger partial charge in [0.2, 0.25) is 0 Å². The number of nitrogens with one attached hydrogen (secondary N) is 1. The van der Waals surface area contributed by atoms with Crippen LogP contribution in [-0.2, 0) is 13.0 Å². The number of aliphatic hydroxyl groups excluding tert-OH is 1. The van der Waals surface area contributed by atoms with Gasteiger partial charge in [0.1, 0.15) is 23.9 Å². The average Bonchev–Trinajstić information content (AvgIpc) is 2.82. The zero-order chi connectivity index (χ0) is 22.7. The number of nitrogens with zero attached hydrogens (tertiary/aromatic N) is 5. The summed E-state index contributed by atoms with van der Waals surface area (Å²) >= 11 is 6.03. The van der Waals surface area contributed by atoms with E-state index in [4.69, 9.17) is 11.6 Å². The van der Waals surface area contributed by atoms with Crippen molar-refractivity contribution in [3.8, 4) is 6.07 Å². The summed E-state index contributed by atoms with van der Waals surface area (Å²) in [5.41, 5.74) is 3.19. The van der Waals surface area contributed by atoms with Crippen LogP contribution in [0.3, 0.4) is 0 Å². The fraction of sp³-hybridized carbons (Fsp3) is 0.273. The van der Waals surface area contributed by atoms with Gasteiger partial charge >= 0.3 is 0 Å². The first-order valence-electron chi connectivity index (χ1n) is 9.89. The van der Waals surface area contributed by atoms with Crippen molar-refractivity contribution in [2.24, 2.45) is 0 Å². The monoisotopic (exact) mass is 456 g/mol. The molecule has 1 aromatic carbocycles. The molecule has 3 aromatic rings. The van der Waals surface area contributed by atoms with E-state index in [0.717, 1.165) is 16.9 Å². The van der Waals surface area contributed by atoms with Crippen LogP contribution < -0.4 is 10.2 Å². The van der Waals surface area contributed by atoms with Gasteiger partial charge < -0.3 is 15.3 Å². The molecule has 32 heavy (non-hydrogen) atoms. The molecule has 10 heteroatoms. The molecule has 4 rings (SSSR count). The van der Waals surface area contributed by atoms with Gasteiger partial charge in [-0.1, -0.05) is 17.7 Å². The van der Waals surface area contributed by atoms with E-state index in [9.17, 15) is 19.1 Å². The third kappa shape index (κ3) is 4.47.